The summed E-state index contributed by atoms with van der Waals surface area (Å²) in [5.74, 6) is 4.03. The third-order valence-electron chi connectivity index (χ3n) is 12.0. The zero-order chi connectivity index (χ0) is 41.0. The van der Waals surface area contributed by atoms with Crippen LogP contribution in [0.15, 0.2) is 212 Å². The van der Waals surface area contributed by atoms with Crippen molar-refractivity contribution in [1.82, 2.24) is 24.9 Å². The molecule has 2 aliphatic rings. The van der Waals surface area contributed by atoms with Gasteiger partial charge in [-0.2, -0.15) is 0 Å². The number of fused-ring (bicyclic) bond motifs is 9. The van der Waals surface area contributed by atoms with Crippen LogP contribution < -0.4 is 4.74 Å². The second kappa shape index (κ2) is 14.4. The molecule has 1 aliphatic carbocycles. The van der Waals surface area contributed by atoms with Crippen molar-refractivity contribution in [2.24, 2.45) is 0 Å². The number of nitrogens with zero attached hydrogens (tertiary/aromatic N) is 5. The van der Waals surface area contributed by atoms with Crippen LogP contribution in [-0.2, 0) is 5.41 Å². The van der Waals surface area contributed by atoms with Crippen molar-refractivity contribution in [2.45, 2.75) is 5.41 Å². The van der Waals surface area contributed by atoms with E-state index in [0.29, 0.717) is 23.3 Å². The first kappa shape index (κ1) is 35.6. The van der Waals surface area contributed by atoms with Crippen molar-refractivity contribution in [3.63, 3.8) is 0 Å². The number of benzene rings is 8. The predicted molar refractivity (Wildman–Crippen MR) is 245 cm³/mol. The molecule has 0 radical (unpaired) electrons. The van der Waals surface area contributed by atoms with E-state index in [2.05, 4.69) is 127 Å². The third-order valence-corrected chi connectivity index (χ3v) is 12.0. The summed E-state index contributed by atoms with van der Waals surface area (Å²) in [6.45, 7) is 0. The first-order valence-corrected chi connectivity index (χ1v) is 20.8. The SMILES string of the molecule is c1ccc(-c2cc(-c3ccccc3)nc(-c3cccc4c3C3(c5ccccc5Oc5ccccc53)c3cccc(-c5nc(-c6ccccc6)nc(-c6ccccc6)n5)c3-4)n2)cc1. The molecule has 62 heavy (non-hydrogen) atoms. The molecule has 0 atom stereocenters. The summed E-state index contributed by atoms with van der Waals surface area (Å²) in [7, 11) is 0. The lowest BCUT2D eigenvalue weighted by atomic mass is 9.65. The Morgan fingerprint density at radius 1 is 0.306 bits per heavy atom. The van der Waals surface area contributed by atoms with Crippen molar-refractivity contribution < 1.29 is 4.74 Å². The highest BCUT2D eigenvalue weighted by Gasteiger charge is 2.53. The summed E-state index contributed by atoms with van der Waals surface area (Å²) in [6, 6.07) is 72.9. The molecule has 1 spiro atoms. The van der Waals surface area contributed by atoms with Crippen LogP contribution in [0.4, 0.5) is 0 Å². The molecule has 0 saturated carbocycles. The highest BCUT2D eigenvalue weighted by Crippen LogP contribution is 2.65. The zero-order valence-electron chi connectivity index (χ0n) is 33.4. The van der Waals surface area contributed by atoms with Crippen molar-refractivity contribution in [3.8, 4) is 90.7 Å². The van der Waals surface area contributed by atoms with E-state index in [1.807, 2.05) is 84.9 Å². The van der Waals surface area contributed by atoms with Crippen LogP contribution in [0, 0.1) is 0 Å². The number of aromatic nitrogens is 5. The van der Waals surface area contributed by atoms with Gasteiger partial charge < -0.3 is 4.74 Å². The topological polar surface area (TPSA) is 73.7 Å². The fourth-order valence-electron chi connectivity index (χ4n) is 9.39. The fourth-order valence-corrected chi connectivity index (χ4v) is 9.39. The van der Waals surface area contributed by atoms with Crippen LogP contribution in [0.5, 0.6) is 11.5 Å². The van der Waals surface area contributed by atoms with Gasteiger partial charge in [-0.1, -0.05) is 194 Å². The molecule has 0 bridgehead atoms. The normalized spacial score (nSPS) is 12.8. The van der Waals surface area contributed by atoms with E-state index >= 15 is 0 Å². The summed E-state index contributed by atoms with van der Waals surface area (Å²) < 4.78 is 6.77. The molecule has 8 aromatic carbocycles. The standard InChI is InChI=1S/C56H35N5O/c1-5-19-36(20-6-1)46-35-47(37-21-7-2-8-22-37)58-55(57-46)42-29-17-27-40-50-41(54-60-52(38-23-9-3-10-24-38)59-53(61-54)39-25-11-4-12-26-39)28-18-32-45(50)56(51(40)42)43-30-13-15-33-48(43)62-49-34-16-14-31-44(49)56/h1-35H. The number of para-hydroxylation sites is 2. The van der Waals surface area contributed by atoms with Gasteiger partial charge in [-0.25, -0.2) is 24.9 Å². The highest BCUT2D eigenvalue weighted by molar-refractivity contribution is 5.99. The Labute approximate surface area is 359 Å². The van der Waals surface area contributed by atoms with E-state index in [-0.39, 0.29) is 0 Å². The lowest BCUT2D eigenvalue weighted by Crippen LogP contribution is -2.32. The van der Waals surface area contributed by atoms with Gasteiger partial charge in [-0.05, 0) is 40.5 Å². The molecule has 1 aliphatic heterocycles. The fraction of sp³-hybridized carbons (Fsp3) is 0.0179. The Kier molecular flexibility index (Phi) is 8.28. The summed E-state index contributed by atoms with van der Waals surface area (Å²) in [5, 5.41) is 0. The molecular weight excluding hydrogens is 759 g/mol. The van der Waals surface area contributed by atoms with Gasteiger partial charge in [-0.3, -0.25) is 0 Å². The van der Waals surface area contributed by atoms with Gasteiger partial charge in [0.15, 0.2) is 23.3 Å². The molecular formula is C56H35N5O. The Morgan fingerprint density at radius 3 is 1.26 bits per heavy atom. The average Bonchev–Trinajstić information content (AvgIpc) is 3.66. The van der Waals surface area contributed by atoms with Crippen LogP contribution in [0.2, 0.25) is 0 Å². The Bertz CT molecular complexity index is 3160. The van der Waals surface area contributed by atoms with Gasteiger partial charge >= 0.3 is 0 Å². The lowest BCUT2D eigenvalue weighted by Gasteiger charge is -2.40. The van der Waals surface area contributed by atoms with Gasteiger partial charge in [0.25, 0.3) is 0 Å². The molecule has 3 heterocycles. The van der Waals surface area contributed by atoms with E-state index in [0.717, 1.165) is 89.6 Å². The maximum atomic E-state index is 6.77. The monoisotopic (exact) mass is 793 g/mol. The van der Waals surface area contributed by atoms with E-state index in [1.54, 1.807) is 0 Å². The van der Waals surface area contributed by atoms with Crippen molar-refractivity contribution in [3.05, 3.63) is 235 Å². The summed E-state index contributed by atoms with van der Waals surface area (Å²) in [6.07, 6.45) is 0. The number of hydrogen-bond donors (Lipinski definition) is 0. The van der Waals surface area contributed by atoms with Crippen LogP contribution in [0.1, 0.15) is 22.3 Å². The molecule has 0 unspecified atom stereocenters. The Hall–Kier alpha value is -8.35. The molecule has 10 aromatic rings. The van der Waals surface area contributed by atoms with Crippen LogP contribution in [0.25, 0.3) is 79.2 Å². The molecule has 0 saturated heterocycles. The van der Waals surface area contributed by atoms with E-state index in [1.165, 1.54) is 0 Å². The Balaban J connectivity index is 1.20. The molecule has 290 valence electrons. The number of hydrogen-bond acceptors (Lipinski definition) is 6. The van der Waals surface area contributed by atoms with Crippen molar-refractivity contribution in [1.29, 1.82) is 0 Å². The molecule has 0 fully saturated rings. The third kappa shape index (κ3) is 5.61. The van der Waals surface area contributed by atoms with Gasteiger partial charge in [0.2, 0.25) is 0 Å². The summed E-state index contributed by atoms with van der Waals surface area (Å²) in [4.78, 5) is 26.4. The van der Waals surface area contributed by atoms with Crippen molar-refractivity contribution in [2.75, 3.05) is 0 Å². The maximum Gasteiger partial charge on any atom is 0.164 e. The van der Waals surface area contributed by atoms with Gasteiger partial charge in [0.1, 0.15) is 11.5 Å². The molecule has 0 amide bonds. The minimum atomic E-state index is -0.834. The zero-order valence-corrected chi connectivity index (χ0v) is 33.4. The van der Waals surface area contributed by atoms with Gasteiger partial charge in [-0.15, -0.1) is 0 Å². The van der Waals surface area contributed by atoms with E-state index in [9.17, 15) is 0 Å². The van der Waals surface area contributed by atoms with Crippen LogP contribution in [-0.4, -0.2) is 24.9 Å². The lowest BCUT2D eigenvalue weighted by molar-refractivity contribution is 0.436. The second-order valence-electron chi connectivity index (χ2n) is 15.5. The largest absolute Gasteiger partial charge is 0.457 e. The Morgan fingerprint density at radius 2 is 0.710 bits per heavy atom. The predicted octanol–water partition coefficient (Wildman–Crippen LogP) is 13.1. The molecule has 6 nitrogen and oxygen atoms in total. The van der Waals surface area contributed by atoms with Gasteiger partial charge in [0, 0.05) is 44.5 Å². The van der Waals surface area contributed by atoms with Crippen LogP contribution >= 0.6 is 0 Å². The van der Waals surface area contributed by atoms with Crippen molar-refractivity contribution >= 4 is 0 Å². The number of rotatable bonds is 6. The first-order chi connectivity index (χ1) is 30.7. The van der Waals surface area contributed by atoms with Crippen LogP contribution in [0.3, 0.4) is 0 Å². The quantitative estimate of drug-likeness (QED) is 0.167. The second-order valence-corrected chi connectivity index (χ2v) is 15.5. The molecule has 0 N–H and O–H groups in total. The molecule has 12 rings (SSSR count). The van der Waals surface area contributed by atoms with Gasteiger partial charge in [0.05, 0.1) is 16.8 Å². The van der Waals surface area contributed by atoms with E-state index in [4.69, 9.17) is 29.7 Å². The molecule has 2 aromatic heterocycles. The molecule has 6 heteroatoms. The highest BCUT2D eigenvalue weighted by atomic mass is 16.5. The minimum Gasteiger partial charge on any atom is -0.457 e. The average molecular weight is 794 g/mol. The first-order valence-electron chi connectivity index (χ1n) is 20.8. The number of ether oxygens (including phenoxy) is 1. The van der Waals surface area contributed by atoms with E-state index < -0.39 is 5.41 Å². The summed E-state index contributed by atoms with van der Waals surface area (Å²) >= 11 is 0. The summed E-state index contributed by atoms with van der Waals surface area (Å²) in [5.41, 5.74) is 12.9. The maximum absolute atomic E-state index is 6.77. The minimum absolute atomic E-state index is 0.588. The smallest absolute Gasteiger partial charge is 0.164 e.